The number of hydrogen-bond donors (Lipinski definition) is 1. The van der Waals surface area contributed by atoms with Crippen LogP contribution < -0.4 is 0 Å². The summed E-state index contributed by atoms with van der Waals surface area (Å²) in [5.41, 5.74) is 3.53. The smallest absolute Gasteiger partial charge is 0.337 e. The minimum atomic E-state index is -0.991. The molecular formula is C29H28FN5O3. The lowest BCUT2D eigenvalue weighted by atomic mass is 10.00. The van der Waals surface area contributed by atoms with Gasteiger partial charge in [0.2, 0.25) is 0 Å². The molecule has 1 unspecified atom stereocenters. The van der Waals surface area contributed by atoms with Crippen LogP contribution in [0.3, 0.4) is 0 Å². The molecular weight excluding hydrogens is 485 g/mol. The van der Waals surface area contributed by atoms with Gasteiger partial charge in [-0.25, -0.2) is 9.18 Å². The van der Waals surface area contributed by atoms with Crippen LogP contribution in [-0.4, -0.2) is 54.5 Å². The van der Waals surface area contributed by atoms with Crippen molar-refractivity contribution in [2.75, 3.05) is 13.1 Å². The van der Waals surface area contributed by atoms with Crippen molar-refractivity contribution in [1.29, 1.82) is 0 Å². The molecule has 0 radical (unpaired) electrons. The lowest BCUT2D eigenvalue weighted by Gasteiger charge is -2.27. The van der Waals surface area contributed by atoms with Gasteiger partial charge in [-0.3, -0.25) is 9.48 Å². The van der Waals surface area contributed by atoms with Crippen LogP contribution in [0.2, 0.25) is 0 Å². The number of halogens is 1. The fourth-order valence-corrected chi connectivity index (χ4v) is 5.60. The van der Waals surface area contributed by atoms with Crippen LogP contribution in [0, 0.1) is 5.82 Å². The van der Waals surface area contributed by atoms with Gasteiger partial charge in [-0.2, -0.15) is 0 Å². The number of benzene rings is 2. The fraction of sp³-hybridized carbons (Fsp3) is 0.310. The number of carboxylic acids is 1. The number of carboxylic acid groups (broad SMARTS) is 1. The van der Waals surface area contributed by atoms with Crippen molar-refractivity contribution in [2.45, 2.75) is 37.5 Å². The van der Waals surface area contributed by atoms with E-state index < -0.39 is 11.8 Å². The van der Waals surface area contributed by atoms with Gasteiger partial charge in [0, 0.05) is 61.3 Å². The Balaban J connectivity index is 1.35. The van der Waals surface area contributed by atoms with E-state index in [0.717, 1.165) is 37.1 Å². The molecule has 38 heavy (non-hydrogen) atoms. The zero-order chi connectivity index (χ0) is 26.4. The van der Waals surface area contributed by atoms with Crippen LogP contribution in [0.5, 0.6) is 0 Å². The van der Waals surface area contributed by atoms with Gasteiger partial charge in [-0.1, -0.05) is 29.5 Å². The second-order valence-corrected chi connectivity index (χ2v) is 10.1. The Morgan fingerprint density at radius 2 is 1.79 bits per heavy atom. The average Bonchev–Trinajstić information content (AvgIpc) is 3.37. The molecule has 2 fully saturated rings. The molecule has 9 heteroatoms. The highest BCUT2D eigenvalue weighted by Gasteiger charge is 2.45. The largest absolute Gasteiger partial charge is 0.478 e. The van der Waals surface area contributed by atoms with Gasteiger partial charge in [0.1, 0.15) is 5.82 Å². The van der Waals surface area contributed by atoms with E-state index in [2.05, 4.69) is 10.3 Å². The summed E-state index contributed by atoms with van der Waals surface area (Å²) in [5.74, 6) is -1.73. The van der Waals surface area contributed by atoms with E-state index in [0.29, 0.717) is 29.9 Å². The van der Waals surface area contributed by atoms with Gasteiger partial charge in [0.25, 0.3) is 5.91 Å². The number of likely N-dealkylation sites (tertiary alicyclic amines) is 1. The van der Waals surface area contributed by atoms with E-state index >= 15 is 4.39 Å². The van der Waals surface area contributed by atoms with E-state index in [1.165, 1.54) is 0 Å². The van der Waals surface area contributed by atoms with Gasteiger partial charge in [0.15, 0.2) is 0 Å². The minimum absolute atomic E-state index is 0.0151. The molecule has 1 saturated heterocycles. The number of aromatic nitrogens is 4. The van der Waals surface area contributed by atoms with Crippen molar-refractivity contribution in [1.82, 2.24) is 24.5 Å². The molecule has 1 aliphatic carbocycles. The number of nitrogens with zero attached hydrogens (tertiary/aromatic N) is 5. The molecule has 8 nitrogen and oxygen atoms in total. The van der Waals surface area contributed by atoms with Gasteiger partial charge in [-0.05, 0) is 55.5 Å². The van der Waals surface area contributed by atoms with Crippen LogP contribution in [0.15, 0.2) is 60.9 Å². The zero-order valence-electron chi connectivity index (χ0n) is 21.0. The molecule has 194 valence electrons. The fourth-order valence-electron chi connectivity index (χ4n) is 5.60. The first-order chi connectivity index (χ1) is 18.4. The van der Waals surface area contributed by atoms with Crippen molar-refractivity contribution in [3.8, 4) is 16.8 Å². The van der Waals surface area contributed by atoms with E-state index in [4.69, 9.17) is 0 Å². The van der Waals surface area contributed by atoms with E-state index in [1.807, 2.05) is 29.0 Å². The molecule has 2 aliphatic rings. The molecule has 4 aromatic rings. The summed E-state index contributed by atoms with van der Waals surface area (Å²) in [4.78, 5) is 26.9. The maximum Gasteiger partial charge on any atom is 0.337 e. The first kappa shape index (κ1) is 24.1. The molecule has 1 amide bonds. The van der Waals surface area contributed by atoms with Crippen molar-refractivity contribution >= 4 is 11.9 Å². The lowest BCUT2D eigenvalue weighted by molar-refractivity contribution is 0.0692. The summed E-state index contributed by atoms with van der Waals surface area (Å²) in [7, 11) is 1.80. The predicted octanol–water partition coefficient (Wildman–Crippen LogP) is 5.01. The quantitative estimate of drug-likeness (QED) is 0.391. The van der Waals surface area contributed by atoms with Gasteiger partial charge < -0.3 is 14.6 Å². The molecule has 0 spiro atoms. The molecule has 1 saturated carbocycles. The minimum Gasteiger partial charge on any atom is -0.478 e. The topological polar surface area (TPSA) is 93.2 Å². The third-order valence-electron chi connectivity index (χ3n) is 7.61. The van der Waals surface area contributed by atoms with Crippen LogP contribution in [0.25, 0.3) is 16.8 Å². The first-order valence-corrected chi connectivity index (χ1v) is 12.9. The number of piperidine rings is 1. The average molecular weight is 514 g/mol. The number of aryl methyl sites for hydroxylation is 1. The number of amides is 1. The monoisotopic (exact) mass is 513 g/mol. The Bertz CT molecular complexity index is 1530. The Labute approximate surface area is 219 Å². The van der Waals surface area contributed by atoms with E-state index in [-0.39, 0.29) is 28.9 Å². The van der Waals surface area contributed by atoms with Crippen molar-refractivity contribution in [3.63, 3.8) is 0 Å². The van der Waals surface area contributed by atoms with Gasteiger partial charge in [-0.15, -0.1) is 5.10 Å². The summed E-state index contributed by atoms with van der Waals surface area (Å²) < 4.78 is 19.2. The first-order valence-electron chi connectivity index (χ1n) is 12.9. The summed E-state index contributed by atoms with van der Waals surface area (Å²) in [6, 6.07) is 13.9. The highest BCUT2D eigenvalue weighted by atomic mass is 19.1. The highest BCUT2D eigenvalue weighted by molar-refractivity contribution is 5.96. The molecule has 2 atom stereocenters. The zero-order valence-corrected chi connectivity index (χ0v) is 21.0. The van der Waals surface area contributed by atoms with Crippen molar-refractivity contribution in [3.05, 3.63) is 89.3 Å². The Morgan fingerprint density at radius 3 is 2.53 bits per heavy atom. The SMILES string of the molecule is Cn1cc(C2C[C@H]2c2c(C(=O)O)ccn2-c2cccc(-c3cccc(C(=O)N4CCCCC4)c3F)c2)nn1. The Hall–Kier alpha value is -4.27. The summed E-state index contributed by atoms with van der Waals surface area (Å²) in [6.07, 6.45) is 7.34. The van der Waals surface area contributed by atoms with Crippen LogP contribution in [0.4, 0.5) is 4.39 Å². The standard InChI is InChI=1S/C29H28FN5O3/c1-33-17-25(31-32-33)23-16-24(23)27-22(29(37)38)11-14-35(27)19-8-5-7-18(15-19)20-9-6-10-21(26(20)30)28(36)34-12-3-2-4-13-34/h5-11,14-15,17,23-24H,2-4,12-13,16H2,1H3,(H,37,38)/t23?,24-/m1/s1. The number of aromatic carboxylic acids is 1. The Morgan fingerprint density at radius 1 is 1.00 bits per heavy atom. The second kappa shape index (κ2) is 9.55. The second-order valence-electron chi connectivity index (χ2n) is 10.1. The van der Waals surface area contributed by atoms with Crippen molar-refractivity contribution in [2.24, 2.45) is 7.05 Å². The summed E-state index contributed by atoms with van der Waals surface area (Å²) in [5, 5.41) is 18.1. The predicted molar refractivity (Wildman–Crippen MR) is 139 cm³/mol. The van der Waals surface area contributed by atoms with E-state index in [9.17, 15) is 14.7 Å². The van der Waals surface area contributed by atoms with E-state index in [1.54, 1.807) is 53.2 Å². The van der Waals surface area contributed by atoms with Crippen LogP contribution >= 0.6 is 0 Å². The van der Waals surface area contributed by atoms with Gasteiger partial charge >= 0.3 is 5.97 Å². The normalized spacial score (nSPS) is 18.9. The van der Waals surface area contributed by atoms with Gasteiger partial charge in [0.05, 0.1) is 16.8 Å². The molecule has 3 heterocycles. The summed E-state index contributed by atoms with van der Waals surface area (Å²) >= 11 is 0. The lowest BCUT2D eigenvalue weighted by Crippen LogP contribution is -2.36. The number of hydrogen-bond acceptors (Lipinski definition) is 4. The van der Waals surface area contributed by atoms with Crippen LogP contribution in [0.1, 0.15) is 69.6 Å². The van der Waals surface area contributed by atoms with Crippen LogP contribution in [-0.2, 0) is 7.05 Å². The Kier molecular flexibility index (Phi) is 6.06. The maximum absolute atomic E-state index is 15.7. The summed E-state index contributed by atoms with van der Waals surface area (Å²) in [6.45, 7) is 1.30. The third-order valence-corrected chi connectivity index (χ3v) is 7.61. The number of carbonyl (C=O) groups excluding carboxylic acids is 1. The highest BCUT2D eigenvalue weighted by Crippen LogP contribution is 2.55. The third kappa shape index (κ3) is 4.27. The number of rotatable bonds is 6. The molecule has 1 aliphatic heterocycles. The molecule has 2 aromatic heterocycles. The number of carbonyl (C=O) groups is 2. The molecule has 2 aromatic carbocycles. The molecule has 6 rings (SSSR count). The molecule has 0 bridgehead atoms. The maximum atomic E-state index is 15.7. The van der Waals surface area contributed by atoms with Crippen molar-refractivity contribution < 1.29 is 19.1 Å². The molecule has 1 N–H and O–H groups in total.